The van der Waals surface area contributed by atoms with Gasteiger partial charge in [0.25, 0.3) is 0 Å². The Morgan fingerprint density at radius 3 is 2.64 bits per heavy atom. The van der Waals surface area contributed by atoms with Gasteiger partial charge in [-0.05, 0) is 36.8 Å². The minimum absolute atomic E-state index is 0.0829. The molecule has 3 amide bonds. The van der Waals surface area contributed by atoms with Crippen LogP contribution in [0.3, 0.4) is 0 Å². The Bertz CT molecular complexity index is 732. The van der Waals surface area contributed by atoms with E-state index in [0.29, 0.717) is 43.3 Å². The van der Waals surface area contributed by atoms with E-state index in [0.717, 1.165) is 12.1 Å². The molecule has 1 fully saturated rings. The fraction of sp³-hybridized carbons (Fsp3) is 0.333. The predicted molar refractivity (Wildman–Crippen MR) is 97.7 cm³/mol. The smallest absolute Gasteiger partial charge is 0.321 e. The molecule has 2 N–H and O–H groups in total. The second kappa shape index (κ2) is 8.07. The Labute approximate surface area is 151 Å². The van der Waals surface area contributed by atoms with Gasteiger partial charge in [-0.3, -0.25) is 4.79 Å². The summed E-state index contributed by atoms with van der Waals surface area (Å²) >= 11 is 5.94. The Morgan fingerprint density at radius 1 is 1.08 bits per heavy atom. The van der Waals surface area contributed by atoms with Gasteiger partial charge in [0.1, 0.15) is 0 Å². The maximum Gasteiger partial charge on any atom is 0.321 e. The van der Waals surface area contributed by atoms with Crippen LogP contribution >= 0.6 is 11.6 Å². The number of hydrogen-bond donors (Lipinski definition) is 2. The molecule has 2 aromatic rings. The molecule has 6 nitrogen and oxygen atoms in total. The summed E-state index contributed by atoms with van der Waals surface area (Å²) < 4.78 is 0. The molecule has 0 aliphatic carbocycles. The highest BCUT2D eigenvalue weighted by Crippen LogP contribution is 2.16. The van der Waals surface area contributed by atoms with E-state index >= 15 is 0 Å². The molecular formula is C18H21ClN4O2. The fourth-order valence-electron chi connectivity index (χ4n) is 2.89. The zero-order chi connectivity index (χ0) is 17.6. The monoisotopic (exact) mass is 360 g/mol. The number of rotatable bonds is 3. The van der Waals surface area contributed by atoms with Crippen molar-refractivity contribution in [2.24, 2.45) is 0 Å². The van der Waals surface area contributed by atoms with E-state index in [1.165, 1.54) is 0 Å². The van der Waals surface area contributed by atoms with Crippen molar-refractivity contribution < 1.29 is 9.59 Å². The Balaban J connectivity index is 1.54. The van der Waals surface area contributed by atoms with Crippen LogP contribution in [0.15, 0.2) is 42.6 Å². The summed E-state index contributed by atoms with van der Waals surface area (Å²) in [6, 6.07) is 10.7. The normalized spacial score (nSPS) is 14.9. The van der Waals surface area contributed by atoms with E-state index in [4.69, 9.17) is 11.6 Å². The zero-order valence-corrected chi connectivity index (χ0v) is 14.6. The minimum atomic E-state index is -0.166. The SMILES string of the molecule is O=C(Cc1ccc[nH]1)N1CCCN(C(=O)Nc2cccc(Cl)c2)CC1. The third-order valence-corrected chi connectivity index (χ3v) is 4.45. The highest BCUT2D eigenvalue weighted by molar-refractivity contribution is 6.30. The maximum atomic E-state index is 12.4. The topological polar surface area (TPSA) is 68.4 Å². The molecule has 1 saturated heterocycles. The van der Waals surface area contributed by atoms with E-state index in [-0.39, 0.29) is 11.9 Å². The van der Waals surface area contributed by atoms with Gasteiger partial charge in [-0.2, -0.15) is 0 Å². The van der Waals surface area contributed by atoms with Crippen molar-refractivity contribution in [3.63, 3.8) is 0 Å². The van der Waals surface area contributed by atoms with Crippen LogP contribution in [0.1, 0.15) is 12.1 Å². The second-order valence-corrected chi connectivity index (χ2v) is 6.47. The molecule has 132 valence electrons. The zero-order valence-electron chi connectivity index (χ0n) is 13.9. The summed E-state index contributed by atoms with van der Waals surface area (Å²) in [4.78, 5) is 31.4. The number of nitrogens with zero attached hydrogens (tertiary/aromatic N) is 2. The van der Waals surface area contributed by atoms with Crippen LogP contribution in [-0.2, 0) is 11.2 Å². The van der Waals surface area contributed by atoms with Gasteiger partial charge >= 0.3 is 6.03 Å². The molecule has 1 aromatic carbocycles. The van der Waals surface area contributed by atoms with E-state index in [1.807, 2.05) is 23.2 Å². The summed E-state index contributed by atoms with van der Waals surface area (Å²) in [6.07, 6.45) is 2.94. The van der Waals surface area contributed by atoms with Crippen molar-refractivity contribution >= 4 is 29.2 Å². The molecular weight excluding hydrogens is 340 g/mol. The Kier molecular flexibility index (Phi) is 5.60. The summed E-state index contributed by atoms with van der Waals surface area (Å²) in [5.41, 5.74) is 1.58. The van der Waals surface area contributed by atoms with Gasteiger partial charge in [-0.25, -0.2) is 4.79 Å². The highest BCUT2D eigenvalue weighted by Gasteiger charge is 2.22. The van der Waals surface area contributed by atoms with Gasteiger partial charge < -0.3 is 20.1 Å². The van der Waals surface area contributed by atoms with E-state index in [1.54, 1.807) is 29.2 Å². The number of aromatic nitrogens is 1. The largest absolute Gasteiger partial charge is 0.365 e. The van der Waals surface area contributed by atoms with Gasteiger partial charge in [0, 0.05) is 48.8 Å². The summed E-state index contributed by atoms with van der Waals surface area (Å²) in [5.74, 6) is 0.0829. The molecule has 3 rings (SSSR count). The molecule has 7 heteroatoms. The van der Waals surface area contributed by atoms with Gasteiger partial charge in [-0.15, -0.1) is 0 Å². The first-order valence-electron chi connectivity index (χ1n) is 8.33. The molecule has 0 radical (unpaired) electrons. The molecule has 0 bridgehead atoms. The lowest BCUT2D eigenvalue weighted by molar-refractivity contribution is -0.130. The molecule has 0 spiro atoms. The average molecular weight is 361 g/mol. The highest BCUT2D eigenvalue weighted by atomic mass is 35.5. The molecule has 0 unspecified atom stereocenters. The number of halogens is 1. The molecule has 1 aliphatic heterocycles. The van der Waals surface area contributed by atoms with E-state index in [2.05, 4.69) is 10.3 Å². The van der Waals surface area contributed by atoms with Crippen molar-refractivity contribution in [3.8, 4) is 0 Å². The van der Waals surface area contributed by atoms with Crippen LogP contribution in [0.25, 0.3) is 0 Å². The number of amides is 3. The number of hydrogen-bond acceptors (Lipinski definition) is 2. The summed E-state index contributed by atoms with van der Waals surface area (Å²) in [6.45, 7) is 2.35. The van der Waals surface area contributed by atoms with Gasteiger partial charge in [-0.1, -0.05) is 17.7 Å². The Hall–Kier alpha value is -2.47. The number of H-pyrrole nitrogens is 1. The van der Waals surface area contributed by atoms with Crippen molar-refractivity contribution in [2.45, 2.75) is 12.8 Å². The third-order valence-electron chi connectivity index (χ3n) is 4.22. The molecule has 2 heterocycles. The molecule has 0 saturated carbocycles. The van der Waals surface area contributed by atoms with Crippen LogP contribution in [0.4, 0.5) is 10.5 Å². The van der Waals surface area contributed by atoms with Crippen LogP contribution in [0.5, 0.6) is 0 Å². The van der Waals surface area contributed by atoms with Gasteiger partial charge in [0.2, 0.25) is 5.91 Å². The molecule has 25 heavy (non-hydrogen) atoms. The second-order valence-electron chi connectivity index (χ2n) is 6.03. The first-order chi connectivity index (χ1) is 12.1. The number of anilines is 1. The van der Waals surface area contributed by atoms with Crippen LogP contribution in [0.2, 0.25) is 5.02 Å². The van der Waals surface area contributed by atoms with Crippen LogP contribution in [-0.4, -0.2) is 52.9 Å². The number of benzene rings is 1. The van der Waals surface area contributed by atoms with Crippen LogP contribution in [0, 0.1) is 0 Å². The molecule has 1 aromatic heterocycles. The van der Waals surface area contributed by atoms with Crippen molar-refractivity contribution in [2.75, 3.05) is 31.5 Å². The van der Waals surface area contributed by atoms with E-state index < -0.39 is 0 Å². The number of carbonyl (C=O) groups is 2. The quantitative estimate of drug-likeness (QED) is 0.883. The molecule has 1 aliphatic rings. The number of carbonyl (C=O) groups excluding carboxylic acids is 2. The number of nitrogens with one attached hydrogen (secondary N) is 2. The number of aromatic amines is 1. The average Bonchev–Trinajstić information content (AvgIpc) is 2.95. The van der Waals surface area contributed by atoms with Crippen molar-refractivity contribution in [3.05, 3.63) is 53.3 Å². The lowest BCUT2D eigenvalue weighted by atomic mass is 10.2. The lowest BCUT2D eigenvalue weighted by Gasteiger charge is -2.22. The van der Waals surface area contributed by atoms with Gasteiger partial charge in [0.15, 0.2) is 0 Å². The minimum Gasteiger partial charge on any atom is -0.365 e. The first-order valence-corrected chi connectivity index (χ1v) is 8.71. The number of urea groups is 1. The first kappa shape index (κ1) is 17.4. The fourth-order valence-corrected chi connectivity index (χ4v) is 3.08. The van der Waals surface area contributed by atoms with Crippen molar-refractivity contribution in [1.29, 1.82) is 0 Å². The van der Waals surface area contributed by atoms with Crippen molar-refractivity contribution in [1.82, 2.24) is 14.8 Å². The van der Waals surface area contributed by atoms with Gasteiger partial charge in [0.05, 0.1) is 6.42 Å². The molecule has 0 atom stereocenters. The van der Waals surface area contributed by atoms with E-state index in [9.17, 15) is 9.59 Å². The Morgan fingerprint density at radius 2 is 1.88 bits per heavy atom. The maximum absolute atomic E-state index is 12.4. The summed E-state index contributed by atoms with van der Waals surface area (Å²) in [5, 5.41) is 3.43. The predicted octanol–water partition coefficient (Wildman–Crippen LogP) is 2.98. The standard InChI is InChI=1S/C18H21ClN4O2/c19-14-4-1-5-16(12-14)21-18(25)23-9-3-8-22(10-11-23)17(24)13-15-6-2-7-20-15/h1-2,4-7,12,20H,3,8-11,13H2,(H,21,25). The third kappa shape index (κ3) is 4.76. The van der Waals surface area contributed by atoms with Crippen LogP contribution < -0.4 is 5.32 Å². The lowest BCUT2D eigenvalue weighted by Crippen LogP contribution is -2.39. The summed E-state index contributed by atoms with van der Waals surface area (Å²) in [7, 11) is 0.